The van der Waals surface area contributed by atoms with Gasteiger partial charge < -0.3 is 10.1 Å². The van der Waals surface area contributed by atoms with E-state index < -0.39 is 21.4 Å². The number of anilines is 1. The molecule has 1 N–H and O–H groups in total. The fourth-order valence-corrected chi connectivity index (χ4v) is 5.45. The zero-order valence-electron chi connectivity index (χ0n) is 19.1. The third kappa shape index (κ3) is 5.09. The molecule has 1 aliphatic rings. The lowest BCUT2D eigenvalue weighted by Crippen LogP contribution is -2.48. The maximum atomic E-state index is 13.0. The number of amides is 1. The first-order chi connectivity index (χ1) is 16.1. The van der Waals surface area contributed by atoms with Crippen molar-refractivity contribution in [3.63, 3.8) is 0 Å². The summed E-state index contributed by atoms with van der Waals surface area (Å²) < 4.78 is 34.5. The minimum Gasteiger partial charge on any atom is -0.373 e. The van der Waals surface area contributed by atoms with E-state index >= 15 is 0 Å². The number of hydrogen-bond acceptors (Lipinski definition) is 6. The van der Waals surface area contributed by atoms with Gasteiger partial charge in [0.1, 0.15) is 0 Å². The van der Waals surface area contributed by atoms with Crippen LogP contribution in [0, 0.1) is 6.92 Å². The molecular formula is C24H26N4O5S. The molecule has 10 heteroatoms. The first-order valence-corrected chi connectivity index (χ1v) is 12.3. The van der Waals surface area contributed by atoms with Crippen LogP contribution in [0.4, 0.5) is 5.69 Å². The van der Waals surface area contributed by atoms with Gasteiger partial charge in [-0.15, -0.1) is 0 Å². The Morgan fingerprint density at radius 1 is 1.06 bits per heavy atom. The number of rotatable bonds is 5. The van der Waals surface area contributed by atoms with E-state index in [2.05, 4.69) is 10.4 Å². The molecule has 1 fully saturated rings. The summed E-state index contributed by atoms with van der Waals surface area (Å²) >= 11 is 0. The number of carbonyl (C=O) groups excluding carboxylic acids is 1. The van der Waals surface area contributed by atoms with Gasteiger partial charge >= 0.3 is 0 Å². The third-order valence-corrected chi connectivity index (χ3v) is 7.27. The molecule has 2 heterocycles. The van der Waals surface area contributed by atoms with E-state index in [-0.39, 0.29) is 35.9 Å². The van der Waals surface area contributed by atoms with E-state index in [0.29, 0.717) is 5.69 Å². The van der Waals surface area contributed by atoms with Crippen LogP contribution in [0.15, 0.2) is 70.5 Å². The quantitative estimate of drug-likeness (QED) is 0.599. The van der Waals surface area contributed by atoms with E-state index in [1.165, 1.54) is 45.5 Å². The smallest absolute Gasteiger partial charge is 0.280 e. The summed E-state index contributed by atoms with van der Waals surface area (Å²) in [5, 5.41) is 6.81. The van der Waals surface area contributed by atoms with Crippen molar-refractivity contribution in [1.29, 1.82) is 0 Å². The predicted octanol–water partition coefficient (Wildman–Crippen LogP) is 2.59. The van der Waals surface area contributed by atoms with Crippen LogP contribution in [0.1, 0.15) is 29.9 Å². The molecule has 0 bridgehead atoms. The average molecular weight is 483 g/mol. The molecule has 3 aromatic rings. The van der Waals surface area contributed by atoms with Crippen LogP contribution in [0.2, 0.25) is 0 Å². The van der Waals surface area contributed by atoms with Crippen molar-refractivity contribution in [2.24, 2.45) is 0 Å². The van der Waals surface area contributed by atoms with Gasteiger partial charge in [-0.25, -0.2) is 13.1 Å². The third-order valence-electron chi connectivity index (χ3n) is 5.43. The molecule has 34 heavy (non-hydrogen) atoms. The lowest BCUT2D eigenvalue weighted by Gasteiger charge is -2.34. The monoisotopic (exact) mass is 482 g/mol. The van der Waals surface area contributed by atoms with Crippen LogP contribution in [-0.4, -0.2) is 53.7 Å². The Hall–Kier alpha value is -3.34. The van der Waals surface area contributed by atoms with E-state index in [9.17, 15) is 18.0 Å². The van der Waals surface area contributed by atoms with Crippen LogP contribution < -0.4 is 10.7 Å². The molecule has 2 atom stereocenters. The largest absolute Gasteiger partial charge is 0.373 e. The first kappa shape index (κ1) is 23.8. The van der Waals surface area contributed by atoms with Gasteiger partial charge in [-0.2, -0.15) is 9.40 Å². The molecule has 0 spiro atoms. The highest BCUT2D eigenvalue weighted by molar-refractivity contribution is 7.89. The summed E-state index contributed by atoms with van der Waals surface area (Å²) in [5.41, 5.74) is 1.29. The lowest BCUT2D eigenvalue weighted by atomic mass is 10.2. The predicted molar refractivity (Wildman–Crippen MR) is 128 cm³/mol. The van der Waals surface area contributed by atoms with Crippen molar-refractivity contribution in [3.8, 4) is 5.69 Å². The summed E-state index contributed by atoms with van der Waals surface area (Å²) in [4.78, 5) is 25.2. The molecule has 0 saturated carbocycles. The van der Waals surface area contributed by atoms with Crippen molar-refractivity contribution in [2.45, 2.75) is 37.9 Å². The number of aryl methyl sites for hydroxylation is 1. The van der Waals surface area contributed by atoms with Gasteiger partial charge in [-0.05, 0) is 62.7 Å². The van der Waals surface area contributed by atoms with Gasteiger partial charge in [0.15, 0.2) is 5.69 Å². The normalized spacial score (nSPS) is 19.0. The highest BCUT2D eigenvalue weighted by Gasteiger charge is 2.32. The molecule has 2 aromatic carbocycles. The van der Waals surface area contributed by atoms with Crippen LogP contribution in [0.3, 0.4) is 0 Å². The molecule has 178 valence electrons. The second kappa shape index (κ2) is 9.49. The highest BCUT2D eigenvalue weighted by atomic mass is 32.2. The zero-order valence-corrected chi connectivity index (χ0v) is 20.0. The standard InChI is InChI=1S/C24H26N4O5S/c1-16-5-4-6-20(13-16)28-12-11-22(29)23(26-28)24(30)25-19-7-9-21(10-8-19)34(31,32)27-14-17(2)33-18(3)15-27/h4-13,17-18H,14-15H2,1-3H3,(H,25,30)/t17-,18-/m1/s1. The van der Waals surface area contributed by atoms with E-state index in [1.807, 2.05) is 45.0 Å². The van der Waals surface area contributed by atoms with E-state index in [0.717, 1.165) is 11.3 Å². The molecule has 0 unspecified atom stereocenters. The molecular weight excluding hydrogens is 456 g/mol. The van der Waals surface area contributed by atoms with Crippen LogP contribution >= 0.6 is 0 Å². The minimum atomic E-state index is -3.70. The summed E-state index contributed by atoms with van der Waals surface area (Å²) in [6.45, 7) is 6.16. The second-order valence-corrected chi connectivity index (χ2v) is 10.3. The highest BCUT2D eigenvalue weighted by Crippen LogP contribution is 2.22. The Labute approximate surface area is 198 Å². The van der Waals surface area contributed by atoms with Crippen LogP contribution in [0.25, 0.3) is 5.69 Å². The van der Waals surface area contributed by atoms with Crippen LogP contribution in [0.5, 0.6) is 0 Å². The molecule has 0 radical (unpaired) electrons. The number of benzene rings is 2. The number of carbonyl (C=O) groups is 1. The zero-order chi connectivity index (χ0) is 24.5. The molecule has 1 aliphatic heterocycles. The summed E-state index contributed by atoms with van der Waals surface area (Å²) in [5.74, 6) is -0.682. The van der Waals surface area contributed by atoms with Crippen molar-refractivity contribution in [3.05, 3.63) is 82.3 Å². The maximum absolute atomic E-state index is 13.0. The lowest BCUT2D eigenvalue weighted by molar-refractivity contribution is -0.0440. The number of ether oxygens (including phenoxy) is 1. The van der Waals surface area contributed by atoms with Gasteiger partial charge in [0.05, 0.1) is 22.8 Å². The van der Waals surface area contributed by atoms with Gasteiger partial charge in [0.2, 0.25) is 15.5 Å². The van der Waals surface area contributed by atoms with Crippen LogP contribution in [-0.2, 0) is 14.8 Å². The number of sulfonamides is 1. The molecule has 9 nitrogen and oxygen atoms in total. The number of hydrogen-bond donors (Lipinski definition) is 1. The van der Waals surface area contributed by atoms with Crippen molar-refractivity contribution in [2.75, 3.05) is 18.4 Å². The molecule has 1 aromatic heterocycles. The molecule has 1 amide bonds. The van der Waals surface area contributed by atoms with Crippen molar-refractivity contribution in [1.82, 2.24) is 14.1 Å². The van der Waals surface area contributed by atoms with Crippen molar-refractivity contribution >= 4 is 21.6 Å². The molecule has 0 aliphatic carbocycles. The Morgan fingerprint density at radius 2 is 1.74 bits per heavy atom. The summed E-state index contributed by atoms with van der Waals surface area (Å²) in [6, 6.07) is 14.6. The fourth-order valence-electron chi connectivity index (χ4n) is 3.86. The van der Waals surface area contributed by atoms with Gasteiger partial charge in [0, 0.05) is 31.0 Å². The summed E-state index contributed by atoms with van der Waals surface area (Å²) in [6.07, 6.45) is 1.11. The Morgan fingerprint density at radius 3 is 2.38 bits per heavy atom. The first-order valence-electron chi connectivity index (χ1n) is 10.9. The SMILES string of the molecule is Cc1cccc(-n2ccc(=O)c(C(=O)Nc3ccc(S(=O)(=O)N4C[C@@H](C)O[C@H](C)C4)cc3)n2)c1. The molecule has 4 rings (SSSR count). The Balaban J connectivity index is 1.52. The summed E-state index contributed by atoms with van der Waals surface area (Å²) in [7, 11) is -3.70. The van der Waals surface area contributed by atoms with Gasteiger partial charge in [-0.3, -0.25) is 9.59 Å². The fraction of sp³-hybridized carbons (Fsp3) is 0.292. The second-order valence-electron chi connectivity index (χ2n) is 8.37. The molecule has 1 saturated heterocycles. The van der Waals surface area contributed by atoms with Gasteiger partial charge in [0.25, 0.3) is 5.91 Å². The minimum absolute atomic E-state index is 0.117. The number of morpholine rings is 1. The Bertz CT molecular complexity index is 1360. The van der Waals surface area contributed by atoms with Gasteiger partial charge in [-0.1, -0.05) is 12.1 Å². The number of aromatic nitrogens is 2. The van der Waals surface area contributed by atoms with Crippen molar-refractivity contribution < 1.29 is 17.9 Å². The number of nitrogens with one attached hydrogen (secondary N) is 1. The average Bonchev–Trinajstić information content (AvgIpc) is 2.79. The topological polar surface area (TPSA) is 111 Å². The van der Waals surface area contributed by atoms with E-state index in [4.69, 9.17) is 4.74 Å². The number of nitrogens with zero attached hydrogens (tertiary/aromatic N) is 3. The van der Waals surface area contributed by atoms with E-state index in [1.54, 1.807) is 0 Å². The Kier molecular flexibility index (Phi) is 6.65. The maximum Gasteiger partial charge on any atom is 0.280 e.